The molecule has 0 unspecified atom stereocenters. The van der Waals surface area contributed by atoms with E-state index in [2.05, 4.69) is 5.32 Å². The number of carbonyl (C=O) groups is 1. The molecule has 0 spiro atoms. The Morgan fingerprint density at radius 1 is 0.833 bits per heavy atom. The number of carbonyl (C=O) groups excluding carboxylic acids is 1. The van der Waals surface area contributed by atoms with Crippen LogP contribution < -0.4 is 9.62 Å². The fourth-order valence-corrected chi connectivity index (χ4v) is 5.79. The molecule has 0 heterocycles. The lowest BCUT2D eigenvalue weighted by Crippen LogP contribution is -2.42. The predicted molar refractivity (Wildman–Crippen MR) is 145 cm³/mol. The molecule has 1 atom stereocenters. The average molecular weight is 519 g/mol. The van der Waals surface area contributed by atoms with Gasteiger partial charge in [0.1, 0.15) is 6.54 Å². The van der Waals surface area contributed by atoms with E-state index in [-0.39, 0.29) is 4.90 Å². The fraction of sp³-hybridized carbons (Fsp3) is 0.138. The number of hydrogen-bond donors (Lipinski definition) is 1. The fourth-order valence-electron chi connectivity index (χ4n) is 4.12. The summed E-state index contributed by atoms with van der Waals surface area (Å²) < 4.78 is 28.6. The standard InChI is InChI=1S/C29H27ClN2O3S/c1-21-12-9-10-17-25(21)29(23-13-5-3-6-14-23)31-28(33)20-32(27-19-11-18-26(30)22(27)2)36(34,35)24-15-7-4-8-16-24/h3-19,29H,20H2,1-2H3,(H,31,33)/t29-/m0/s1. The molecule has 0 aliphatic rings. The van der Waals surface area contributed by atoms with E-state index in [4.69, 9.17) is 11.6 Å². The van der Waals surface area contributed by atoms with E-state index < -0.39 is 28.5 Å². The molecule has 1 N–H and O–H groups in total. The minimum Gasteiger partial charge on any atom is -0.344 e. The lowest BCUT2D eigenvalue weighted by Gasteiger charge is -2.28. The summed E-state index contributed by atoms with van der Waals surface area (Å²) in [6, 6.07) is 30.1. The molecule has 0 saturated heterocycles. The summed E-state index contributed by atoms with van der Waals surface area (Å²) in [5.41, 5.74) is 3.79. The molecule has 1 amide bonds. The Morgan fingerprint density at radius 2 is 1.44 bits per heavy atom. The van der Waals surface area contributed by atoms with Gasteiger partial charge in [-0.2, -0.15) is 0 Å². The van der Waals surface area contributed by atoms with Gasteiger partial charge in [0.25, 0.3) is 10.0 Å². The van der Waals surface area contributed by atoms with Gasteiger partial charge in [-0.1, -0.05) is 90.5 Å². The van der Waals surface area contributed by atoms with E-state index >= 15 is 0 Å². The first-order chi connectivity index (χ1) is 17.3. The third-order valence-corrected chi connectivity index (χ3v) is 8.25. The number of nitrogens with one attached hydrogen (secondary N) is 1. The Balaban J connectivity index is 1.73. The lowest BCUT2D eigenvalue weighted by molar-refractivity contribution is -0.120. The molecule has 0 radical (unpaired) electrons. The first kappa shape index (κ1) is 25.5. The van der Waals surface area contributed by atoms with Crippen LogP contribution in [0.4, 0.5) is 5.69 Å². The van der Waals surface area contributed by atoms with Crippen LogP contribution in [0.5, 0.6) is 0 Å². The van der Waals surface area contributed by atoms with Crippen molar-refractivity contribution in [3.8, 4) is 0 Å². The Morgan fingerprint density at radius 3 is 2.11 bits per heavy atom. The number of benzene rings is 4. The highest BCUT2D eigenvalue weighted by molar-refractivity contribution is 7.92. The van der Waals surface area contributed by atoms with Crippen molar-refractivity contribution in [1.29, 1.82) is 0 Å². The summed E-state index contributed by atoms with van der Waals surface area (Å²) >= 11 is 6.33. The maximum atomic E-state index is 13.7. The number of rotatable bonds is 8. The van der Waals surface area contributed by atoms with Crippen molar-refractivity contribution in [2.24, 2.45) is 0 Å². The summed E-state index contributed by atoms with van der Waals surface area (Å²) in [6.45, 7) is 3.32. The van der Waals surface area contributed by atoms with Crippen molar-refractivity contribution in [2.45, 2.75) is 24.8 Å². The molecule has 0 aliphatic carbocycles. The van der Waals surface area contributed by atoms with Gasteiger partial charge in [-0.3, -0.25) is 9.10 Å². The third kappa shape index (κ3) is 5.45. The van der Waals surface area contributed by atoms with Crippen LogP contribution in [0.25, 0.3) is 0 Å². The van der Waals surface area contributed by atoms with Crippen LogP contribution in [0, 0.1) is 13.8 Å². The van der Waals surface area contributed by atoms with Crippen molar-refractivity contribution < 1.29 is 13.2 Å². The second kappa shape index (κ2) is 11.0. The van der Waals surface area contributed by atoms with Crippen LogP contribution in [0.1, 0.15) is 28.3 Å². The van der Waals surface area contributed by atoms with Gasteiger partial charge in [0, 0.05) is 5.02 Å². The monoisotopic (exact) mass is 518 g/mol. The molecule has 0 saturated carbocycles. The Labute approximate surface area is 217 Å². The number of aryl methyl sites for hydroxylation is 1. The van der Waals surface area contributed by atoms with Crippen molar-refractivity contribution in [2.75, 3.05) is 10.8 Å². The van der Waals surface area contributed by atoms with Crippen molar-refractivity contribution in [1.82, 2.24) is 5.32 Å². The third-order valence-electron chi connectivity index (χ3n) is 6.06. The minimum absolute atomic E-state index is 0.0932. The highest BCUT2D eigenvalue weighted by Crippen LogP contribution is 2.31. The van der Waals surface area contributed by atoms with E-state index in [1.807, 2.05) is 61.5 Å². The normalized spacial score (nSPS) is 12.1. The van der Waals surface area contributed by atoms with E-state index in [1.165, 1.54) is 12.1 Å². The van der Waals surface area contributed by atoms with Crippen molar-refractivity contribution in [3.63, 3.8) is 0 Å². The zero-order valence-corrected chi connectivity index (χ0v) is 21.6. The predicted octanol–water partition coefficient (Wildman–Crippen LogP) is 6.06. The number of anilines is 1. The number of amides is 1. The summed E-state index contributed by atoms with van der Waals surface area (Å²) in [5, 5.41) is 3.49. The zero-order chi connectivity index (χ0) is 25.7. The second-order valence-corrected chi connectivity index (χ2v) is 10.7. The molecule has 4 rings (SSSR count). The summed E-state index contributed by atoms with van der Waals surface area (Å²) in [5.74, 6) is -0.439. The first-order valence-corrected chi connectivity index (χ1v) is 13.3. The number of nitrogens with zero attached hydrogens (tertiary/aromatic N) is 1. The first-order valence-electron chi connectivity index (χ1n) is 11.5. The number of halogens is 1. The molecule has 5 nitrogen and oxygen atoms in total. The van der Waals surface area contributed by atoms with Crippen LogP contribution in [-0.4, -0.2) is 20.9 Å². The van der Waals surface area contributed by atoms with E-state index in [0.29, 0.717) is 16.3 Å². The zero-order valence-electron chi connectivity index (χ0n) is 20.1. The highest BCUT2D eigenvalue weighted by Gasteiger charge is 2.30. The van der Waals surface area contributed by atoms with Crippen LogP contribution in [0.2, 0.25) is 5.02 Å². The van der Waals surface area contributed by atoms with Crippen LogP contribution >= 0.6 is 11.6 Å². The number of hydrogen-bond acceptors (Lipinski definition) is 3. The van der Waals surface area contributed by atoms with Gasteiger partial charge in [-0.05, 0) is 60.4 Å². The average Bonchev–Trinajstić information content (AvgIpc) is 2.89. The summed E-state index contributed by atoms with van der Waals surface area (Å²) in [6.07, 6.45) is 0. The highest BCUT2D eigenvalue weighted by atomic mass is 35.5. The smallest absolute Gasteiger partial charge is 0.264 e. The number of sulfonamides is 1. The summed E-state index contributed by atoms with van der Waals surface area (Å²) in [7, 11) is -4.05. The topological polar surface area (TPSA) is 66.5 Å². The molecule has 0 bridgehead atoms. The second-order valence-electron chi connectivity index (χ2n) is 8.48. The molecule has 184 valence electrons. The van der Waals surface area contributed by atoms with Gasteiger partial charge in [-0.25, -0.2) is 8.42 Å². The van der Waals surface area contributed by atoms with Gasteiger partial charge in [0.15, 0.2) is 0 Å². The molecular formula is C29H27ClN2O3S. The van der Waals surface area contributed by atoms with Crippen LogP contribution in [0.3, 0.4) is 0 Å². The molecule has 0 aromatic heterocycles. The molecular weight excluding hydrogens is 492 g/mol. The molecule has 4 aromatic carbocycles. The molecule has 0 fully saturated rings. The van der Waals surface area contributed by atoms with Crippen LogP contribution in [-0.2, 0) is 14.8 Å². The van der Waals surface area contributed by atoms with Crippen molar-refractivity contribution >= 4 is 33.2 Å². The molecule has 0 aliphatic heterocycles. The summed E-state index contributed by atoms with van der Waals surface area (Å²) in [4.78, 5) is 13.6. The maximum Gasteiger partial charge on any atom is 0.264 e. The van der Waals surface area contributed by atoms with Crippen molar-refractivity contribution in [3.05, 3.63) is 130 Å². The molecule has 7 heteroatoms. The molecule has 36 heavy (non-hydrogen) atoms. The molecule has 4 aromatic rings. The van der Waals surface area contributed by atoms with Gasteiger partial charge in [-0.15, -0.1) is 0 Å². The van der Waals surface area contributed by atoms with E-state index in [9.17, 15) is 13.2 Å². The SMILES string of the molecule is Cc1ccccc1[C@@H](NC(=O)CN(c1cccc(Cl)c1C)S(=O)(=O)c1ccccc1)c1ccccc1. The Kier molecular flexibility index (Phi) is 7.77. The Bertz CT molecular complexity index is 1460. The maximum absolute atomic E-state index is 13.7. The largest absolute Gasteiger partial charge is 0.344 e. The van der Waals surface area contributed by atoms with Gasteiger partial charge in [0.2, 0.25) is 5.91 Å². The van der Waals surface area contributed by atoms with E-state index in [0.717, 1.165) is 21.0 Å². The van der Waals surface area contributed by atoms with Crippen LogP contribution in [0.15, 0.2) is 108 Å². The minimum atomic E-state index is -4.05. The Hall–Kier alpha value is -3.61. The van der Waals surface area contributed by atoms with Gasteiger partial charge >= 0.3 is 0 Å². The van der Waals surface area contributed by atoms with Gasteiger partial charge < -0.3 is 5.32 Å². The van der Waals surface area contributed by atoms with E-state index in [1.54, 1.807) is 43.3 Å². The van der Waals surface area contributed by atoms with Gasteiger partial charge in [0.05, 0.1) is 16.6 Å². The quantitative estimate of drug-likeness (QED) is 0.308. The lowest BCUT2D eigenvalue weighted by atomic mass is 9.95.